The topological polar surface area (TPSA) is 12.4 Å². The molecular weight excluding hydrogens is 134 g/mol. The highest BCUT2D eigenvalue weighted by atomic mass is 14.7. The normalized spacial score (nSPS) is 14.3. The molecule has 0 amide bonds. The smallest absolute Gasteiger partial charge is 0.0474 e. The molecule has 0 aromatic carbocycles. The van der Waals surface area contributed by atoms with Crippen LogP contribution in [0.25, 0.3) is 0 Å². The first-order chi connectivity index (χ1) is 5.02. The SMILES string of the molecule is C=C(C)C=NC(C)CC(C)C. The summed E-state index contributed by atoms with van der Waals surface area (Å²) < 4.78 is 0. The molecule has 0 spiro atoms. The van der Waals surface area contributed by atoms with Crippen molar-refractivity contribution in [2.24, 2.45) is 10.9 Å². The van der Waals surface area contributed by atoms with Crippen molar-refractivity contribution in [2.75, 3.05) is 0 Å². The van der Waals surface area contributed by atoms with Crippen LogP contribution in [0.3, 0.4) is 0 Å². The summed E-state index contributed by atoms with van der Waals surface area (Å²) in [4.78, 5) is 4.34. The van der Waals surface area contributed by atoms with Gasteiger partial charge in [0.25, 0.3) is 0 Å². The molecule has 1 unspecified atom stereocenters. The summed E-state index contributed by atoms with van der Waals surface area (Å²) in [5.41, 5.74) is 1.03. The Labute approximate surface area is 70.2 Å². The molecule has 64 valence electrons. The van der Waals surface area contributed by atoms with E-state index >= 15 is 0 Å². The van der Waals surface area contributed by atoms with Crippen molar-refractivity contribution in [3.05, 3.63) is 12.2 Å². The van der Waals surface area contributed by atoms with Gasteiger partial charge in [0.05, 0.1) is 0 Å². The van der Waals surface area contributed by atoms with E-state index in [2.05, 4.69) is 32.3 Å². The van der Waals surface area contributed by atoms with Crippen molar-refractivity contribution in [2.45, 2.75) is 40.2 Å². The van der Waals surface area contributed by atoms with Crippen molar-refractivity contribution in [3.63, 3.8) is 0 Å². The number of aliphatic imine (C=N–C) groups is 1. The van der Waals surface area contributed by atoms with E-state index in [-0.39, 0.29) is 0 Å². The van der Waals surface area contributed by atoms with Crippen LogP contribution in [0.2, 0.25) is 0 Å². The zero-order valence-electron chi connectivity index (χ0n) is 8.09. The second-order valence-corrected chi connectivity index (χ2v) is 3.60. The predicted octanol–water partition coefficient (Wildman–Crippen LogP) is 3.07. The lowest BCUT2D eigenvalue weighted by atomic mass is 10.1. The molecule has 0 heterocycles. The quantitative estimate of drug-likeness (QED) is 0.550. The third-order valence-corrected chi connectivity index (χ3v) is 1.36. The monoisotopic (exact) mass is 153 g/mol. The van der Waals surface area contributed by atoms with Gasteiger partial charge < -0.3 is 0 Å². The lowest BCUT2D eigenvalue weighted by molar-refractivity contribution is 0.522. The molecule has 0 bridgehead atoms. The summed E-state index contributed by atoms with van der Waals surface area (Å²) in [5.74, 6) is 0.729. The lowest BCUT2D eigenvalue weighted by Crippen LogP contribution is -2.03. The zero-order chi connectivity index (χ0) is 8.85. The van der Waals surface area contributed by atoms with Crippen molar-refractivity contribution in [1.82, 2.24) is 0 Å². The van der Waals surface area contributed by atoms with E-state index in [4.69, 9.17) is 0 Å². The fourth-order valence-electron chi connectivity index (χ4n) is 0.998. The van der Waals surface area contributed by atoms with Gasteiger partial charge in [-0.3, -0.25) is 4.99 Å². The highest BCUT2D eigenvalue weighted by molar-refractivity contribution is 5.76. The Kier molecular flexibility index (Phi) is 4.84. The van der Waals surface area contributed by atoms with Crippen molar-refractivity contribution in [3.8, 4) is 0 Å². The molecule has 0 rings (SSSR count). The number of hydrogen-bond donors (Lipinski definition) is 0. The maximum absolute atomic E-state index is 4.34. The average molecular weight is 153 g/mol. The van der Waals surface area contributed by atoms with Gasteiger partial charge in [0.15, 0.2) is 0 Å². The van der Waals surface area contributed by atoms with Gasteiger partial charge in [0.1, 0.15) is 0 Å². The summed E-state index contributed by atoms with van der Waals surface area (Å²) in [6, 6.07) is 0.437. The van der Waals surface area contributed by atoms with Gasteiger partial charge in [0.2, 0.25) is 0 Å². The minimum atomic E-state index is 0.437. The molecular formula is C10H19N. The molecule has 0 aliphatic rings. The van der Waals surface area contributed by atoms with Gasteiger partial charge in [-0.15, -0.1) is 0 Å². The van der Waals surface area contributed by atoms with Crippen LogP contribution in [0.5, 0.6) is 0 Å². The van der Waals surface area contributed by atoms with Crippen molar-refractivity contribution < 1.29 is 0 Å². The Morgan fingerprint density at radius 3 is 2.36 bits per heavy atom. The molecule has 0 aromatic heterocycles. The Bertz CT molecular complexity index is 145. The number of allylic oxidation sites excluding steroid dienone is 1. The van der Waals surface area contributed by atoms with E-state index < -0.39 is 0 Å². The molecule has 0 radical (unpaired) electrons. The average Bonchev–Trinajstić information content (AvgIpc) is 1.82. The minimum Gasteiger partial charge on any atom is -0.290 e. The number of rotatable bonds is 4. The molecule has 1 nitrogen and oxygen atoms in total. The van der Waals surface area contributed by atoms with Crippen LogP contribution < -0.4 is 0 Å². The molecule has 0 saturated heterocycles. The van der Waals surface area contributed by atoms with E-state index in [1.807, 2.05) is 13.1 Å². The summed E-state index contributed by atoms with van der Waals surface area (Å²) >= 11 is 0. The van der Waals surface area contributed by atoms with Crippen LogP contribution in [0.4, 0.5) is 0 Å². The standard InChI is InChI=1S/C10H19N/c1-8(2)6-10(5)11-7-9(3)4/h7-8,10H,3,6H2,1-2,4-5H3. The molecule has 0 aliphatic carbocycles. The Morgan fingerprint density at radius 2 is 2.00 bits per heavy atom. The molecule has 0 fully saturated rings. The summed E-state index contributed by atoms with van der Waals surface area (Å²) in [7, 11) is 0. The molecule has 1 heteroatoms. The molecule has 11 heavy (non-hydrogen) atoms. The summed E-state index contributed by atoms with van der Waals surface area (Å²) in [6.07, 6.45) is 3.01. The largest absolute Gasteiger partial charge is 0.290 e. The van der Waals surface area contributed by atoms with E-state index in [9.17, 15) is 0 Å². The van der Waals surface area contributed by atoms with Crippen LogP contribution in [-0.2, 0) is 0 Å². The van der Waals surface area contributed by atoms with Gasteiger partial charge in [0, 0.05) is 12.3 Å². The molecule has 1 atom stereocenters. The van der Waals surface area contributed by atoms with Gasteiger partial charge >= 0.3 is 0 Å². The Balaban J connectivity index is 3.68. The highest BCUT2D eigenvalue weighted by Crippen LogP contribution is 2.06. The second kappa shape index (κ2) is 5.11. The first-order valence-corrected chi connectivity index (χ1v) is 4.21. The third-order valence-electron chi connectivity index (χ3n) is 1.36. The molecule has 0 N–H and O–H groups in total. The Morgan fingerprint density at radius 1 is 1.45 bits per heavy atom. The maximum Gasteiger partial charge on any atom is 0.0474 e. The van der Waals surface area contributed by atoms with Crippen LogP contribution in [0, 0.1) is 5.92 Å². The van der Waals surface area contributed by atoms with E-state index in [1.54, 1.807) is 0 Å². The van der Waals surface area contributed by atoms with Crippen molar-refractivity contribution >= 4 is 6.21 Å². The summed E-state index contributed by atoms with van der Waals surface area (Å²) in [5, 5.41) is 0. The van der Waals surface area contributed by atoms with Gasteiger partial charge in [-0.2, -0.15) is 0 Å². The summed E-state index contributed by atoms with van der Waals surface area (Å²) in [6.45, 7) is 12.3. The zero-order valence-corrected chi connectivity index (χ0v) is 8.09. The van der Waals surface area contributed by atoms with Gasteiger partial charge in [-0.1, -0.05) is 20.4 Å². The Hall–Kier alpha value is -0.590. The first-order valence-electron chi connectivity index (χ1n) is 4.21. The third kappa shape index (κ3) is 7.31. The molecule has 0 aromatic rings. The van der Waals surface area contributed by atoms with Crippen LogP contribution in [-0.4, -0.2) is 12.3 Å². The van der Waals surface area contributed by atoms with Crippen molar-refractivity contribution in [1.29, 1.82) is 0 Å². The lowest BCUT2D eigenvalue weighted by Gasteiger charge is -2.08. The maximum atomic E-state index is 4.34. The minimum absolute atomic E-state index is 0.437. The van der Waals surface area contributed by atoms with Gasteiger partial charge in [-0.05, 0) is 31.8 Å². The number of nitrogens with zero attached hydrogens (tertiary/aromatic N) is 1. The number of hydrogen-bond acceptors (Lipinski definition) is 1. The van der Waals surface area contributed by atoms with E-state index in [1.165, 1.54) is 0 Å². The molecule has 0 saturated carbocycles. The molecule has 0 aliphatic heterocycles. The van der Waals surface area contributed by atoms with Crippen LogP contribution in [0.1, 0.15) is 34.1 Å². The fourth-order valence-corrected chi connectivity index (χ4v) is 0.998. The second-order valence-electron chi connectivity index (χ2n) is 3.60. The van der Waals surface area contributed by atoms with Crippen LogP contribution >= 0.6 is 0 Å². The fraction of sp³-hybridized carbons (Fsp3) is 0.700. The predicted molar refractivity (Wildman–Crippen MR) is 52.2 cm³/mol. The highest BCUT2D eigenvalue weighted by Gasteiger charge is 2.00. The van der Waals surface area contributed by atoms with Gasteiger partial charge in [-0.25, -0.2) is 0 Å². The van der Waals surface area contributed by atoms with E-state index in [0.29, 0.717) is 6.04 Å². The van der Waals surface area contributed by atoms with Crippen LogP contribution in [0.15, 0.2) is 17.1 Å². The van der Waals surface area contributed by atoms with E-state index in [0.717, 1.165) is 17.9 Å². The first kappa shape index (κ1) is 10.4.